The predicted octanol–water partition coefficient (Wildman–Crippen LogP) is 2.90. The summed E-state index contributed by atoms with van der Waals surface area (Å²) in [6.45, 7) is 1.38. The molecule has 0 bridgehead atoms. The van der Waals surface area contributed by atoms with E-state index >= 15 is 0 Å². The third-order valence-corrected chi connectivity index (χ3v) is 3.66. The fraction of sp³-hybridized carbons (Fsp3) is 0.333. The van der Waals surface area contributed by atoms with Crippen LogP contribution < -0.4 is 5.32 Å². The van der Waals surface area contributed by atoms with Crippen LogP contribution in [0.5, 0.6) is 0 Å². The molecule has 1 N–H and O–H groups in total. The molecule has 2 rings (SSSR count). The zero-order valence-electron chi connectivity index (χ0n) is 13.0. The van der Waals surface area contributed by atoms with Gasteiger partial charge in [-0.25, -0.2) is 0 Å². The minimum atomic E-state index is 0. The Morgan fingerprint density at radius 2 is 2.09 bits per heavy atom. The second kappa shape index (κ2) is 8.99. The van der Waals surface area contributed by atoms with Gasteiger partial charge < -0.3 is 10.2 Å². The molecule has 0 aliphatic carbocycles. The molecule has 0 aliphatic heterocycles. The molecule has 0 saturated heterocycles. The minimum Gasteiger partial charge on any atom is -0.351 e. The van der Waals surface area contributed by atoms with Crippen molar-refractivity contribution >= 4 is 41.5 Å². The van der Waals surface area contributed by atoms with Crippen LogP contribution in [-0.2, 0) is 20.1 Å². The molecule has 0 radical (unpaired) electrons. The zero-order valence-corrected chi connectivity index (χ0v) is 16.0. The van der Waals surface area contributed by atoms with E-state index in [2.05, 4.69) is 15.4 Å². The summed E-state index contributed by atoms with van der Waals surface area (Å²) in [4.78, 5) is 6.34. The number of aryl methyl sites for hydroxylation is 1. The molecule has 0 fully saturated rings. The highest BCUT2D eigenvalue weighted by molar-refractivity contribution is 14.0. The molecule has 1 aromatic heterocycles. The summed E-state index contributed by atoms with van der Waals surface area (Å²) < 4.78 is 1.84. The molecule has 22 heavy (non-hydrogen) atoms. The van der Waals surface area contributed by atoms with Gasteiger partial charge in [-0.2, -0.15) is 5.10 Å². The molecular weight excluding hydrogens is 413 g/mol. The molecule has 0 amide bonds. The smallest absolute Gasteiger partial charge is 0.194 e. The van der Waals surface area contributed by atoms with E-state index < -0.39 is 0 Å². The number of aliphatic imine (C=N–C) groups is 1. The number of aromatic nitrogens is 2. The molecule has 0 spiro atoms. The number of hydrogen-bond donors (Lipinski definition) is 1. The van der Waals surface area contributed by atoms with Crippen molar-refractivity contribution in [3.63, 3.8) is 0 Å². The Hall–Kier alpha value is -1.28. The normalized spacial score (nSPS) is 11.0. The van der Waals surface area contributed by atoms with Crippen molar-refractivity contribution in [1.29, 1.82) is 0 Å². The van der Waals surface area contributed by atoms with Gasteiger partial charge in [-0.15, -0.1) is 24.0 Å². The van der Waals surface area contributed by atoms with Crippen LogP contribution in [0.1, 0.15) is 11.3 Å². The molecule has 0 saturated carbocycles. The molecule has 2 aromatic rings. The van der Waals surface area contributed by atoms with Crippen molar-refractivity contribution < 1.29 is 0 Å². The Balaban J connectivity index is 0.00000242. The number of nitrogens with one attached hydrogen (secondary N) is 1. The average Bonchev–Trinajstić information content (AvgIpc) is 2.88. The van der Waals surface area contributed by atoms with Gasteiger partial charge in [0.1, 0.15) is 0 Å². The minimum absolute atomic E-state index is 0. The maximum atomic E-state index is 6.20. The van der Waals surface area contributed by atoms with Gasteiger partial charge in [0.2, 0.25) is 0 Å². The van der Waals surface area contributed by atoms with Crippen molar-refractivity contribution in [3.8, 4) is 0 Å². The lowest BCUT2D eigenvalue weighted by atomic mass is 10.2. The Kier molecular flexibility index (Phi) is 7.67. The van der Waals surface area contributed by atoms with Crippen LogP contribution in [0.15, 0.2) is 41.5 Å². The Morgan fingerprint density at radius 1 is 1.36 bits per heavy atom. The van der Waals surface area contributed by atoms with Crippen molar-refractivity contribution in [3.05, 3.63) is 52.8 Å². The summed E-state index contributed by atoms with van der Waals surface area (Å²) >= 11 is 6.20. The van der Waals surface area contributed by atoms with Gasteiger partial charge in [-0.3, -0.25) is 9.67 Å². The van der Waals surface area contributed by atoms with Gasteiger partial charge in [0.15, 0.2) is 5.96 Å². The summed E-state index contributed by atoms with van der Waals surface area (Å²) in [6, 6.07) is 9.82. The molecule has 5 nitrogen and oxygen atoms in total. The van der Waals surface area contributed by atoms with E-state index in [1.165, 1.54) is 0 Å². The SMILES string of the molecule is CN=C(NCc1ccnn1C)N(C)Cc1ccccc1Cl.I. The average molecular weight is 434 g/mol. The summed E-state index contributed by atoms with van der Waals surface area (Å²) in [6.07, 6.45) is 1.78. The van der Waals surface area contributed by atoms with Gasteiger partial charge in [-0.1, -0.05) is 29.8 Å². The summed E-state index contributed by atoms with van der Waals surface area (Å²) in [7, 11) is 5.68. The third kappa shape index (κ3) is 4.88. The fourth-order valence-corrected chi connectivity index (χ4v) is 2.28. The van der Waals surface area contributed by atoms with Crippen molar-refractivity contribution in [2.45, 2.75) is 13.1 Å². The summed E-state index contributed by atoms with van der Waals surface area (Å²) in [5.74, 6) is 0.816. The lowest BCUT2D eigenvalue weighted by Crippen LogP contribution is -2.38. The topological polar surface area (TPSA) is 45.5 Å². The lowest BCUT2D eigenvalue weighted by molar-refractivity contribution is 0.475. The summed E-state index contributed by atoms with van der Waals surface area (Å²) in [5, 5.41) is 8.24. The highest BCUT2D eigenvalue weighted by atomic mass is 127. The highest BCUT2D eigenvalue weighted by Gasteiger charge is 2.09. The van der Waals surface area contributed by atoms with Gasteiger partial charge >= 0.3 is 0 Å². The molecule has 0 unspecified atom stereocenters. The van der Waals surface area contributed by atoms with Crippen LogP contribution in [0, 0.1) is 0 Å². The van der Waals surface area contributed by atoms with Crippen LogP contribution in [0.2, 0.25) is 5.02 Å². The van der Waals surface area contributed by atoms with E-state index in [1.54, 1.807) is 13.2 Å². The van der Waals surface area contributed by atoms with Crippen LogP contribution in [-0.4, -0.2) is 34.7 Å². The van der Waals surface area contributed by atoms with Gasteiger partial charge in [0.25, 0.3) is 0 Å². The first-order valence-electron chi connectivity index (χ1n) is 6.74. The van der Waals surface area contributed by atoms with Crippen molar-refractivity contribution in [2.24, 2.45) is 12.0 Å². The van der Waals surface area contributed by atoms with E-state index in [9.17, 15) is 0 Å². The molecule has 0 atom stereocenters. The second-order valence-corrected chi connectivity index (χ2v) is 5.20. The fourth-order valence-electron chi connectivity index (χ4n) is 2.09. The Labute approximate surface area is 153 Å². The van der Waals surface area contributed by atoms with Gasteiger partial charge in [0.05, 0.1) is 12.2 Å². The maximum absolute atomic E-state index is 6.20. The van der Waals surface area contributed by atoms with E-state index in [0.29, 0.717) is 13.1 Å². The Bertz CT molecular complexity index is 626. The molecule has 7 heteroatoms. The molecule has 1 heterocycles. The largest absolute Gasteiger partial charge is 0.351 e. The van der Waals surface area contributed by atoms with E-state index in [0.717, 1.165) is 22.2 Å². The van der Waals surface area contributed by atoms with Crippen LogP contribution in [0.4, 0.5) is 0 Å². The zero-order chi connectivity index (χ0) is 15.2. The predicted molar refractivity (Wildman–Crippen MR) is 102 cm³/mol. The first-order chi connectivity index (χ1) is 10.1. The van der Waals surface area contributed by atoms with E-state index in [4.69, 9.17) is 11.6 Å². The first kappa shape index (κ1) is 18.8. The van der Waals surface area contributed by atoms with E-state index in [-0.39, 0.29) is 24.0 Å². The van der Waals surface area contributed by atoms with Crippen LogP contribution >= 0.6 is 35.6 Å². The number of guanidine groups is 1. The maximum Gasteiger partial charge on any atom is 0.194 e. The van der Waals surface area contributed by atoms with Crippen molar-refractivity contribution in [2.75, 3.05) is 14.1 Å². The quantitative estimate of drug-likeness (QED) is 0.458. The standard InChI is InChI=1S/C15H20ClN5.HI/c1-17-15(18-10-13-8-9-19-21(13)3)20(2)11-12-6-4-5-7-14(12)16;/h4-9H,10-11H2,1-3H3,(H,17,18);1H. The number of halogens is 2. The van der Waals surface area contributed by atoms with E-state index in [1.807, 2.05) is 54.0 Å². The van der Waals surface area contributed by atoms with Gasteiger partial charge in [-0.05, 0) is 17.7 Å². The lowest BCUT2D eigenvalue weighted by Gasteiger charge is -2.22. The number of rotatable bonds is 4. The third-order valence-electron chi connectivity index (χ3n) is 3.29. The van der Waals surface area contributed by atoms with Crippen LogP contribution in [0.25, 0.3) is 0 Å². The van der Waals surface area contributed by atoms with Crippen LogP contribution in [0.3, 0.4) is 0 Å². The Morgan fingerprint density at radius 3 is 2.68 bits per heavy atom. The highest BCUT2D eigenvalue weighted by Crippen LogP contribution is 2.16. The second-order valence-electron chi connectivity index (χ2n) is 4.79. The monoisotopic (exact) mass is 433 g/mol. The number of benzene rings is 1. The molecule has 0 aliphatic rings. The first-order valence-corrected chi connectivity index (χ1v) is 7.11. The number of hydrogen-bond acceptors (Lipinski definition) is 2. The summed E-state index contributed by atoms with van der Waals surface area (Å²) in [5.41, 5.74) is 2.17. The molecule has 1 aromatic carbocycles. The molecule has 120 valence electrons. The van der Waals surface area contributed by atoms with Gasteiger partial charge in [0, 0.05) is 38.9 Å². The number of nitrogens with zero attached hydrogens (tertiary/aromatic N) is 4. The van der Waals surface area contributed by atoms with Crippen molar-refractivity contribution in [1.82, 2.24) is 20.0 Å². The molecular formula is C15H21ClIN5.